The third kappa shape index (κ3) is 3.23. The molecule has 0 radical (unpaired) electrons. The van der Waals surface area contributed by atoms with Gasteiger partial charge in [0.15, 0.2) is 0 Å². The van der Waals surface area contributed by atoms with E-state index in [0.717, 1.165) is 18.8 Å². The van der Waals surface area contributed by atoms with Gasteiger partial charge in [0.25, 0.3) is 0 Å². The Morgan fingerprint density at radius 3 is 2.61 bits per heavy atom. The van der Waals surface area contributed by atoms with Gasteiger partial charge in [-0.1, -0.05) is 17.7 Å². The molecule has 98 valence electrons. The summed E-state index contributed by atoms with van der Waals surface area (Å²) in [5.74, 6) is 1.22. The van der Waals surface area contributed by atoms with Gasteiger partial charge in [-0.2, -0.15) is 0 Å². The molecule has 18 heavy (non-hydrogen) atoms. The van der Waals surface area contributed by atoms with Crippen molar-refractivity contribution in [3.63, 3.8) is 0 Å². The molecule has 0 spiro atoms. The summed E-state index contributed by atoms with van der Waals surface area (Å²) in [6, 6.07) is 7.94. The van der Waals surface area contributed by atoms with Crippen molar-refractivity contribution in [3.8, 4) is 5.75 Å². The number of nitrogens with one attached hydrogen (secondary N) is 1. The molecule has 1 heterocycles. The van der Waals surface area contributed by atoms with E-state index in [1.165, 1.54) is 5.56 Å². The van der Waals surface area contributed by atoms with Crippen LogP contribution in [-0.2, 0) is 4.79 Å². The van der Waals surface area contributed by atoms with Gasteiger partial charge in [0, 0.05) is 20.1 Å². The highest BCUT2D eigenvalue weighted by Gasteiger charge is 2.27. The number of nitrogens with zero attached hydrogens (tertiary/aromatic N) is 1. The largest absolute Gasteiger partial charge is 0.492 e. The summed E-state index contributed by atoms with van der Waals surface area (Å²) in [6.07, 6.45) is 0. The van der Waals surface area contributed by atoms with E-state index in [2.05, 4.69) is 5.32 Å². The Hall–Kier alpha value is -1.55. The van der Waals surface area contributed by atoms with Gasteiger partial charge in [-0.25, -0.2) is 0 Å². The van der Waals surface area contributed by atoms with E-state index in [9.17, 15) is 4.79 Å². The summed E-state index contributed by atoms with van der Waals surface area (Å²) >= 11 is 0. The standard InChI is InChI=1S/C14H20N2O2/c1-11-3-5-13(6-4-11)18-8-7-16(2)14(17)12-9-15-10-12/h3-6,12,15H,7-10H2,1-2H3. The van der Waals surface area contributed by atoms with Crippen molar-refractivity contribution in [1.82, 2.24) is 10.2 Å². The number of carbonyl (C=O) groups is 1. The molecule has 4 nitrogen and oxygen atoms in total. The van der Waals surface area contributed by atoms with Crippen LogP contribution in [0.1, 0.15) is 5.56 Å². The van der Waals surface area contributed by atoms with Crippen LogP contribution < -0.4 is 10.1 Å². The second kappa shape index (κ2) is 5.87. The minimum atomic E-state index is 0.161. The number of carbonyl (C=O) groups excluding carboxylic acids is 1. The van der Waals surface area contributed by atoms with Gasteiger partial charge >= 0.3 is 0 Å². The Balaban J connectivity index is 1.71. The van der Waals surface area contributed by atoms with E-state index in [0.29, 0.717) is 13.2 Å². The lowest BCUT2D eigenvalue weighted by atomic mass is 10.0. The number of likely N-dealkylation sites (N-methyl/N-ethyl adjacent to an activating group) is 1. The number of ether oxygens (including phenoxy) is 1. The summed E-state index contributed by atoms with van der Waals surface area (Å²) in [7, 11) is 1.83. The van der Waals surface area contributed by atoms with Crippen LogP contribution in [0.4, 0.5) is 0 Å². The van der Waals surface area contributed by atoms with Crippen LogP contribution in [0, 0.1) is 12.8 Å². The predicted molar refractivity (Wildman–Crippen MR) is 70.7 cm³/mol. The summed E-state index contributed by atoms with van der Waals surface area (Å²) in [6.45, 7) is 4.82. The molecule has 1 aliphatic heterocycles. The zero-order chi connectivity index (χ0) is 13.0. The summed E-state index contributed by atoms with van der Waals surface area (Å²) < 4.78 is 5.60. The van der Waals surface area contributed by atoms with Crippen molar-refractivity contribution in [3.05, 3.63) is 29.8 Å². The second-order valence-corrected chi connectivity index (χ2v) is 4.78. The molecule has 1 N–H and O–H groups in total. The topological polar surface area (TPSA) is 41.6 Å². The first kappa shape index (κ1) is 12.9. The van der Waals surface area contributed by atoms with E-state index < -0.39 is 0 Å². The number of aryl methyl sites for hydroxylation is 1. The minimum absolute atomic E-state index is 0.161. The Labute approximate surface area is 108 Å². The van der Waals surface area contributed by atoms with E-state index in [1.807, 2.05) is 38.2 Å². The highest BCUT2D eigenvalue weighted by Crippen LogP contribution is 2.11. The Kier molecular flexibility index (Phi) is 4.20. The molecule has 1 saturated heterocycles. The lowest BCUT2D eigenvalue weighted by Crippen LogP contribution is -2.51. The molecule has 0 saturated carbocycles. The number of benzene rings is 1. The van der Waals surface area contributed by atoms with Crippen molar-refractivity contribution in [2.75, 3.05) is 33.3 Å². The average molecular weight is 248 g/mol. The van der Waals surface area contributed by atoms with Crippen LogP contribution in [0.25, 0.3) is 0 Å². The smallest absolute Gasteiger partial charge is 0.228 e. The fraction of sp³-hybridized carbons (Fsp3) is 0.500. The Bertz CT molecular complexity index is 399. The van der Waals surface area contributed by atoms with Gasteiger partial charge in [-0.05, 0) is 19.1 Å². The van der Waals surface area contributed by atoms with Crippen LogP contribution in [0.15, 0.2) is 24.3 Å². The van der Waals surface area contributed by atoms with Crippen molar-refractivity contribution in [2.24, 2.45) is 5.92 Å². The van der Waals surface area contributed by atoms with Crippen molar-refractivity contribution < 1.29 is 9.53 Å². The van der Waals surface area contributed by atoms with Crippen molar-refractivity contribution in [1.29, 1.82) is 0 Å². The van der Waals surface area contributed by atoms with Gasteiger partial charge in [-0.15, -0.1) is 0 Å². The van der Waals surface area contributed by atoms with Gasteiger partial charge in [0.2, 0.25) is 5.91 Å². The van der Waals surface area contributed by atoms with Crippen molar-refractivity contribution in [2.45, 2.75) is 6.92 Å². The molecule has 0 unspecified atom stereocenters. The lowest BCUT2D eigenvalue weighted by Gasteiger charge is -2.30. The fourth-order valence-electron chi connectivity index (χ4n) is 1.82. The fourth-order valence-corrected chi connectivity index (χ4v) is 1.82. The minimum Gasteiger partial charge on any atom is -0.492 e. The number of hydrogen-bond donors (Lipinski definition) is 1. The SMILES string of the molecule is Cc1ccc(OCCN(C)C(=O)C2CNC2)cc1. The second-order valence-electron chi connectivity index (χ2n) is 4.78. The molecular formula is C14H20N2O2. The summed E-state index contributed by atoms with van der Waals surface area (Å²) in [5, 5.41) is 3.11. The molecule has 1 aromatic carbocycles. The van der Waals surface area contributed by atoms with Crippen LogP contribution in [0.5, 0.6) is 5.75 Å². The first-order chi connectivity index (χ1) is 8.66. The first-order valence-corrected chi connectivity index (χ1v) is 6.32. The molecule has 0 aromatic heterocycles. The molecule has 1 aromatic rings. The lowest BCUT2D eigenvalue weighted by molar-refractivity contribution is -0.136. The molecule has 1 amide bonds. The van der Waals surface area contributed by atoms with Gasteiger partial charge in [0.05, 0.1) is 12.5 Å². The van der Waals surface area contributed by atoms with Gasteiger partial charge < -0.3 is 15.0 Å². The summed E-state index contributed by atoms with van der Waals surface area (Å²) in [4.78, 5) is 13.6. The zero-order valence-electron chi connectivity index (χ0n) is 11.0. The van der Waals surface area contributed by atoms with E-state index in [1.54, 1.807) is 4.90 Å². The highest BCUT2D eigenvalue weighted by molar-refractivity contribution is 5.79. The predicted octanol–water partition coefficient (Wildman–Crippen LogP) is 1.05. The molecule has 1 aliphatic rings. The number of amides is 1. The highest BCUT2D eigenvalue weighted by atomic mass is 16.5. The third-order valence-corrected chi connectivity index (χ3v) is 3.22. The molecule has 0 atom stereocenters. The Morgan fingerprint density at radius 2 is 2.06 bits per heavy atom. The molecule has 1 fully saturated rings. The number of rotatable bonds is 5. The molecule has 0 aliphatic carbocycles. The molecule has 2 rings (SSSR count). The summed E-state index contributed by atoms with van der Waals surface area (Å²) in [5.41, 5.74) is 1.21. The van der Waals surface area contributed by atoms with E-state index in [-0.39, 0.29) is 11.8 Å². The van der Waals surface area contributed by atoms with Gasteiger partial charge in [0.1, 0.15) is 12.4 Å². The van der Waals surface area contributed by atoms with Crippen LogP contribution >= 0.6 is 0 Å². The van der Waals surface area contributed by atoms with E-state index in [4.69, 9.17) is 4.74 Å². The third-order valence-electron chi connectivity index (χ3n) is 3.22. The quantitative estimate of drug-likeness (QED) is 0.847. The maximum atomic E-state index is 11.8. The molecule has 4 heteroatoms. The average Bonchev–Trinajstić information content (AvgIpc) is 2.29. The van der Waals surface area contributed by atoms with Crippen LogP contribution in [0.3, 0.4) is 0 Å². The monoisotopic (exact) mass is 248 g/mol. The van der Waals surface area contributed by atoms with E-state index >= 15 is 0 Å². The normalized spacial score (nSPS) is 15.0. The first-order valence-electron chi connectivity index (χ1n) is 6.32. The number of hydrogen-bond acceptors (Lipinski definition) is 3. The van der Waals surface area contributed by atoms with Crippen LogP contribution in [0.2, 0.25) is 0 Å². The maximum Gasteiger partial charge on any atom is 0.228 e. The molecule has 0 bridgehead atoms. The maximum absolute atomic E-state index is 11.8. The van der Waals surface area contributed by atoms with Crippen LogP contribution in [-0.4, -0.2) is 44.1 Å². The van der Waals surface area contributed by atoms with Crippen molar-refractivity contribution >= 4 is 5.91 Å². The van der Waals surface area contributed by atoms with Gasteiger partial charge in [-0.3, -0.25) is 4.79 Å². The zero-order valence-corrected chi connectivity index (χ0v) is 11.0. The Morgan fingerprint density at radius 1 is 1.39 bits per heavy atom. The molecular weight excluding hydrogens is 228 g/mol.